The number of sulfonamides is 1. The minimum atomic E-state index is -3.71. The van der Waals surface area contributed by atoms with Crippen LogP contribution in [0.25, 0.3) is 6.08 Å². The highest BCUT2D eigenvalue weighted by Gasteiger charge is 2.48. The van der Waals surface area contributed by atoms with E-state index in [0.29, 0.717) is 30.0 Å². The Hall–Kier alpha value is -3.05. The molecule has 3 aliphatic heterocycles. The summed E-state index contributed by atoms with van der Waals surface area (Å²) in [7, 11) is -3.71. The number of aryl methyl sites for hydroxylation is 1. The number of anilines is 1. The van der Waals surface area contributed by atoms with Crippen molar-refractivity contribution in [1.82, 2.24) is 14.9 Å². The van der Waals surface area contributed by atoms with E-state index in [1.807, 2.05) is 0 Å². The summed E-state index contributed by atoms with van der Waals surface area (Å²) in [6, 6.07) is 4.53. The molecule has 4 amide bonds. The Morgan fingerprint density at radius 1 is 1.10 bits per heavy atom. The number of piperidine rings is 1. The van der Waals surface area contributed by atoms with Crippen molar-refractivity contribution in [2.45, 2.75) is 77.2 Å². The molecule has 1 saturated carbocycles. The number of nitrogens with zero attached hydrogens (tertiary/aromatic N) is 3. The number of urea groups is 1. The molecule has 0 aromatic heterocycles. The number of rotatable bonds is 8. The van der Waals surface area contributed by atoms with E-state index >= 15 is 0 Å². The van der Waals surface area contributed by atoms with Gasteiger partial charge in [-0.25, -0.2) is 18.1 Å². The average Bonchev–Trinajstić information content (AvgIpc) is 3.44. The van der Waals surface area contributed by atoms with Crippen LogP contribution in [0.5, 0.6) is 0 Å². The summed E-state index contributed by atoms with van der Waals surface area (Å²) in [5.74, 6) is 1.45. The van der Waals surface area contributed by atoms with Crippen LogP contribution in [0, 0.1) is 18.8 Å². The monoisotopic (exact) mass is 569 g/mol. The van der Waals surface area contributed by atoms with Gasteiger partial charge in [0, 0.05) is 24.4 Å². The molecule has 0 atom stereocenters. The second-order valence-electron chi connectivity index (χ2n) is 11.5. The van der Waals surface area contributed by atoms with Gasteiger partial charge in [-0.05, 0) is 80.7 Å². The summed E-state index contributed by atoms with van der Waals surface area (Å²) < 4.78 is 27.7. The summed E-state index contributed by atoms with van der Waals surface area (Å²) in [5.41, 5.74) is 0.980. The van der Waals surface area contributed by atoms with Gasteiger partial charge in [0.1, 0.15) is 11.4 Å². The Morgan fingerprint density at radius 2 is 1.82 bits per heavy atom. The maximum atomic E-state index is 13.1. The molecule has 0 radical (unpaired) electrons. The van der Waals surface area contributed by atoms with Crippen molar-refractivity contribution in [3.63, 3.8) is 0 Å². The van der Waals surface area contributed by atoms with E-state index < -0.39 is 21.6 Å². The Labute approximate surface area is 236 Å². The second-order valence-corrected chi connectivity index (χ2v) is 13.3. The predicted molar refractivity (Wildman–Crippen MR) is 154 cm³/mol. The van der Waals surface area contributed by atoms with Gasteiger partial charge in [-0.2, -0.15) is 4.31 Å². The number of benzene rings is 1. The second kappa shape index (κ2) is 11.4. The molecule has 0 bridgehead atoms. The Kier molecular flexibility index (Phi) is 8.15. The van der Waals surface area contributed by atoms with E-state index in [2.05, 4.69) is 17.6 Å². The van der Waals surface area contributed by atoms with Gasteiger partial charge < -0.3 is 10.6 Å². The van der Waals surface area contributed by atoms with Crippen LogP contribution in [0.15, 0.2) is 28.6 Å². The average molecular weight is 570 g/mol. The molecular formula is C29H39N5O5S. The van der Waals surface area contributed by atoms with Crippen LogP contribution in [0.3, 0.4) is 0 Å². The van der Waals surface area contributed by atoms with Crippen molar-refractivity contribution in [2.75, 3.05) is 24.5 Å². The Balaban J connectivity index is 1.20. The number of nitrogens with one attached hydrogen (secondary N) is 2. The quantitative estimate of drug-likeness (QED) is 0.462. The fourth-order valence-electron chi connectivity index (χ4n) is 6.32. The van der Waals surface area contributed by atoms with E-state index in [1.165, 1.54) is 47.9 Å². The fourth-order valence-corrected chi connectivity index (χ4v) is 7.50. The van der Waals surface area contributed by atoms with Crippen LogP contribution in [-0.4, -0.2) is 61.6 Å². The summed E-state index contributed by atoms with van der Waals surface area (Å²) in [4.78, 5) is 42.9. The lowest BCUT2D eigenvalue weighted by molar-refractivity contribution is -0.125. The molecule has 1 aliphatic carbocycles. The summed E-state index contributed by atoms with van der Waals surface area (Å²) >= 11 is 0. The molecule has 1 spiro atoms. The van der Waals surface area contributed by atoms with Crippen LogP contribution in [0.4, 0.5) is 10.5 Å². The van der Waals surface area contributed by atoms with Crippen molar-refractivity contribution in [3.8, 4) is 0 Å². The summed E-state index contributed by atoms with van der Waals surface area (Å²) in [5, 5.41) is 6.73. The molecule has 11 heteroatoms. The molecule has 5 rings (SSSR count). The first-order valence-corrected chi connectivity index (χ1v) is 15.9. The maximum Gasteiger partial charge on any atom is 0.329 e. The highest BCUT2D eigenvalue weighted by Crippen LogP contribution is 2.37. The van der Waals surface area contributed by atoms with Crippen molar-refractivity contribution in [2.24, 2.45) is 16.8 Å². The molecule has 40 heavy (non-hydrogen) atoms. The number of carbonyl (C=O) groups excluding carboxylic acids is 3. The first-order chi connectivity index (χ1) is 19.1. The molecule has 216 valence electrons. The van der Waals surface area contributed by atoms with E-state index in [4.69, 9.17) is 4.99 Å². The third-order valence-corrected chi connectivity index (χ3v) is 10.4. The molecule has 3 heterocycles. The smallest absolute Gasteiger partial charge is 0.328 e. The molecule has 0 unspecified atom stereocenters. The molecule has 1 aromatic rings. The van der Waals surface area contributed by atoms with Gasteiger partial charge in [-0.15, -0.1) is 0 Å². The molecule has 2 N–H and O–H groups in total. The number of carbonyl (C=O) groups is 3. The highest BCUT2D eigenvalue weighted by molar-refractivity contribution is 7.92. The van der Waals surface area contributed by atoms with Crippen molar-refractivity contribution in [3.05, 3.63) is 34.7 Å². The predicted octanol–water partition coefficient (Wildman–Crippen LogP) is 3.71. The van der Waals surface area contributed by atoms with E-state index in [-0.39, 0.29) is 31.4 Å². The number of aliphatic imine (C=N–C) groups is 1. The zero-order chi connectivity index (χ0) is 28.5. The topological polar surface area (TPSA) is 128 Å². The Bertz CT molecular complexity index is 1320. The molecular weight excluding hydrogens is 530 g/mol. The van der Waals surface area contributed by atoms with Crippen molar-refractivity contribution >= 4 is 45.5 Å². The van der Waals surface area contributed by atoms with Gasteiger partial charge >= 0.3 is 6.03 Å². The molecule has 1 aromatic carbocycles. The Morgan fingerprint density at radius 3 is 2.45 bits per heavy atom. The lowest BCUT2D eigenvalue weighted by Gasteiger charge is -2.34. The molecule has 4 aliphatic rings. The van der Waals surface area contributed by atoms with Crippen LogP contribution in [0.2, 0.25) is 0 Å². The van der Waals surface area contributed by atoms with Gasteiger partial charge in [0.25, 0.3) is 11.8 Å². The zero-order valence-electron chi connectivity index (χ0n) is 23.3. The number of imide groups is 1. The van der Waals surface area contributed by atoms with Crippen LogP contribution >= 0.6 is 0 Å². The van der Waals surface area contributed by atoms with E-state index in [0.717, 1.165) is 35.1 Å². The number of hydrogen-bond donors (Lipinski definition) is 2. The first-order valence-electron chi connectivity index (χ1n) is 14.4. The molecule has 10 nitrogen and oxygen atoms in total. The zero-order valence-corrected chi connectivity index (χ0v) is 24.1. The van der Waals surface area contributed by atoms with Crippen molar-refractivity contribution in [1.29, 1.82) is 0 Å². The van der Waals surface area contributed by atoms with Gasteiger partial charge in [0.05, 0.1) is 12.2 Å². The number of unbranched alkanes of at least 4 members (excludes halogenated alkanes) is 1. The lowest BCUT2D eigenvalue weighted by atomic mass is 9.79. The van der Waals surface area contributed by atoms with Crippen molar-refractivity contribution < 1.29 is 22.8 Å². The third-order valence-electron chi connectivity index (χ3n) is 8.88. The van der Waals surface area contributed by atoms with E-state index in [1.54, 1.807) is 25.1 Å². The van der Waals surface area contributed by atoms with Gasteiger partial charge in [-0.1, -0.05) is 32.3 Å². The van der Waals surface area contributed by atoms with Crippen LogP contribution in [0.1, 0.15) is 75.8 Å². The number of amides is 4. The highest BCUT2D eigenvalue weighted by atomic mass is 32.2. The van der Waals surface area contributed by atoms with Gasteiger partial charge in [0.2, 0.25) is 10.0 Å². The largest absolute Gasteiger partial charge is 0.329 e. The summed E-state index contributed by atoms with van der Waals surface area (Å²) in [6.45, 7) is 4.44. The molecule has 3 fully saturated rings. The SMILES string of the molecule is CCCCC1CCC(C2=NC3(CCN(S(=O)(=O)C=Cc4ccc(N5C(=O)CNC5=O)cc4C)CC3)C(=O)N2)CC1. The summed E-state index contributed by atoms with van der Waals surface area (Å²) in [6.07, 6.45) is 10.5. The lowest BCUT2D eigenvalue weighted by Crippen LogP contribution is -2.50. The number of hydrogen-bond acceptors (Lipinski definition) is 6. The van der Waals surface area contributed by atoms with E-state index in [9.17, 15) is 22.8 Å². The molecule has 2 saturated heterocycles. The van der Waals surface area contributed by atoms with Crippen LogP contribution in [-0.2, 0) is 19.6 Å². The first kappa shape index (κ1) is 28.5. The standard InChI is InChI=1S/C29H39N5O5S/c1-3-4-5-21-6-8-23(9-7-21)26-31-27(36)29(32-26)13-15-33(16-14-29)40(38,39)17-12-22-10-11-24(18-20(22)2)34-25(35)19-30-28(34)37/h10-12,17-18,21,23H,3-9,13-16,19H2,1-2H3,(H,30,37)(H,31,32,36). The number of amidine groups is 1. The van der Waals surface area contributed by atoms with Gasteiger partial charge in [0.15, 0.2) is 0 Å². The third kappa shape index (κ3) is 5.72. The van der Waals surface area contributed by atoms with Gasteiger partial charge in [-0.3, -0.25) is 14.6 Å². The minimum absolute atomic E-state index is 0.0384. The van der Waals surface area contributed by atoms with Crippen LogP contribution < -0.4 is 15.5 Å². The maximum absolute atomic E-state index is 13.1. The normalized spacial score (nSPS) is 25.5. The minimum Gasteiger partial charge on any atom is -0.328 e. The fraction of sp³-hybridized carbons (Fsp3) is 0.586.